The first-order chi connectivity index (χ1) is 16.7. The predicted octanol–water partition coefficient (Wildman–Crippen LogP) is 4.19. The van der Waals surface area contributed by atoms with Crippen molar-refractivity contribution in [3.05, 3.63) is 84.4 Å². The summed E-state index contributed by atoms with van der Waals surface area (Å²) in [4.78, 5) is 12.4. The molecule has 3 aromatic carbocycles. The Morgan fingerprint density at radius 1 is 0.971 bits per heavy atom. The van der Waals surface area contributed by atoms with Gasteiger partial charge in [0.25, 0.3) is 5.91 Å². The van der Waals surface area contributed by atoms with Crippen LogP contribution in [0.5, 0.6) is 11.5 Å². The molecule has 0 saturated carbocycles. The van der Waals surface area contributed by atoms with Gasteiger partial charge in [-0.25, -0.2) is 5.43 Å². The normalized spacial score (nSPS) is 10.9. The molecule has 8 nitrogen and oxygen atoms in total. The zero-order valence-corrected chi connectivity index (χ0v) is 19.5. The Bertz CT molecular complexity index is 1270. The van der Waals surface area contributed by atoms with Gasteiger partial charge in [0, 0.05) is 16.8 Å². The number of carbonyl (C=O) groups is 1. The van der Waals surface area contributed by atoms with Crippen LogP contribution in [0.25, 0.3) is 17.1 Å². The summed E-state index contributed by atoms with van der Waals surface area (Å²) >= 11 is 1.28. The standard InChI is InChI=1S/C25H23N5O3S/c1-32-21-14-12-18(13-15-21)24-28-29-25(30(24)20-9-4-3-5-10-20)34-17-23(31)27-26-16-19-8-6-7-11-22(19)33-2/h3-16H,17H2,1-2H3,(H,27,31)/b26-16-. The van der Waals surface area contributed by atoms with Gasteiger partial charge in [-0.2, -0.15) is 5.10 Å². The highest BCUT2D eigenvalue weighted by Crippen LogP contribution is 2.29. The minimum Gasteiger partial charge on any atom is -0.497 e. The van der Waals surface area contributed by atoms with Gasteiger partial charge in [-0.15, -0.1) is 10.2 Å². The number of thioether (sulfide) groups is 1. The Hall–Kier alpha value is -4.11. The molecule has 0 unspecified atom stereocenters. The molecule has 4 aromatic rings. The maximum atomic E-state index is 12.4. The topological polar surface area (TPSA) is 90.6 Å². The van der Waals surface area contributed by atoms with Gasteiger partial charge in [0.2, 0.25) is 0 Å². The first kappa shape index (κ1) is 23.1. The minimum absolute atomic E-state index is 0.122. The summed E-state index contributed by atoms with van der Waals surface area (Å²) in [5, 5.41) is 13.4. The molecular formula is C25H23N5O3S. The van der Waals surface area contributed by atoms with Crippen LogP contribution in [0.15, 0.2) is 89.1 Å². The molecule has 1 heterocycles. The number of para-hydroxylation sites is 2. The van der Waals surface area contributed by atoms with Gasteiger partial charge in [0.05, 0.1) is 26.2 Å². The van der Waals surface area contributed by atoms with Gasteiger partial charge >= 0.3 is 0 Å². The summed E-state index contributed by atoms with van der Waals surface area (Å²) in [6.07, 6.45) is 1.55. The summed E-state index contributed by atoms with van der Waals surface area (Å²) in [6.45, 7) is 0. The van der Waals surface area contributed by atoms with Gasteiger partial charge < -0.3 is 9.47 Å². The summed E-state index contributed by atoms with van der Waals surface area (Å²) in [7, 11) is 3.21. The fraction of sp³-hybridized carbons (Fsp3) is 0.120. The van der Waals surface area contributed by atoms with Gasteiger partial charge in [0.1, 0.15) is 11.5 Å². The first-order valence-corrected chi connectivity index (χ1v) is 11.4. The van der Waals surface area contributed by atoms with Crippen LogP contribution in [0.1, 0.15) is 5.56 Å². The lowest BCUT2D eigenvalue weighted by molar-refractivity contribution is -0.118. The fourth-order valence-corrected chi connectivity index (χ4v) is 3.95. The Balaban J connectivity index is 1.50. The number of hydrogen-bond acceptors (Lipinski definition) is 7. The van der Waals surface area contributed by atoms with E-state index in [0.29, 0.717) is 16.7 Å². The first-order valence-electron chi connectivity index (χ1n) is 10.4. The minimum atomic E-state index is -0.259. The average molecular weight is 474 g/mol. The van der Waals surface area contributed by atoms with Crippen LogP contribution < -0.4 is 14.9 Å². The fourth-order valence-electron chi connectivity index (χ4n) is 3.21. The van der Waals surface area contributed by atoms with Crippen LogP contribution >= 0.6 is 11.8 Å². The number of methoxy groups -OCH3 is 2. The van der Waals surface area contributed by atoms with E-state index in [4.69, 9.17) is 9.47 Å². The SMILES string of the molecule is COc1ccc(-c2nnc(SCC(=O)N/N=C\c3ccccc3OC)n2-c2ccccc2)cc1. The zero-order valence-electron chi connectivity index (χ0n) is 18.7. The third-order valence-electron chi connectivity index (χ3n) is 4.86. The molecule has 0 bridgehead atoms. The van der Waals surface area contributed by atoms with E-state index < -0.39 is 0 Å². The van der Waals surface area contributed by atoms with Crippen molar-refractivity contribution in [2.24, 2.45) is 5.10 Å². The highest BCUT2D eigenvalue weighted by Gasteiger charge is 2.17. The summed E-state index contributed by atoms with van der Waals surface area (Å²) in [5.41, 5.74) is 5.10. The van der Waals surface area contributed by atoms with E-state index in [1.807, 2.05) is 83.4 Å². The number of carbonyl (C=O) groups excluding carboxylic acids is 1. The number of hydrazone groups is 1. The molecule has 0 spiro atoms. The van der Waals surface area contributed by atoms with Crippen LogP contribution in [0.3, 0.4) is 0 Å². The second-order valence-electron chi connectivity index (χ2n) is 7.03. The van der Waals surface area contributed by atoms with E-state index in [9.17, 15) is 4.79 Å². The number of benzene rings is 3. The molecule has 4 rings (SSSR count). The third-order valence-corrected chi connectivity index (χ3v) is 5.79. The largest absolute Gasteiger partial charge is 0.497 e. The van der Waals surface area contributed by atoms with Gasteiger partial charge in [-0.1, -0.05) is 42.1 Å². The third kappa shape index (κ3) is 5.44. The Kier molecular flexibility index (Phi) is 7.56. The molecule has 0 fully saturated rings. The number of ether oxygens (including phenoxy) is 2. The highest BCUT2D eigenvalue weighted by molar-refractivity contribution is 7.99. The predicted molar refractivity (Wildman–Crippen MR) is 133 cm³/mol. The molecule has 9 heteroatoms. The zero-order chi connectivity index (χ0) is 23.8. The molecule has 0 aliphatic carbocycles. The molecule has 1 amide bonds. The van der Waals surface area contributed by atoms with Gasteiger partial charge in [-0.3, -0.25) is 9.36 Å². The van der Waals surface area contributed by atoms with Crippen LogP contribution in [0, 0.1) is 0 Å². The van der Waals surface area contributed by atoms with Crippen molar-refractivity contribution >= 4 is 23.9 Å². The van der Waals surface area contributed by atoms with Crippen LogP contribution in [0.2, 0.25) is 0 Å². The van der Waals surface area contributed by atoms with E-state index in [1.165, 1.54) is 11.8 Å². The molecule has 1 aromatic heterocycles. The van der Waals surface area contributed by atoms with Gasteiger partial charge in [0.15, 0.2) is 11.0 Å². The number of amides is 1. The maximum Gasteiger partial charge on any atom is 0.250 e. The van der Waals surface area contributed by atoms with Crippen molar-refractivity contribution in [3.63, 3.8) is 0 Å². The van der Waals surface area contributed by atoms with Crippen LogP contribution in [0.4, 0.5) is 0 Å². The van der Waals surface area contributed by atoms with Gasteiger partial charge in [-0.05, 0) is 48.5 Å². The second-order valence-corrected chi connectivity index (χ2v) is 7.97. The Labute approximate surface area is 201 Å². The number of hydrogen-bond donors (Lipinski definition) is 1. The number of aromatic nitrogens is 3. The Morgan fingerprint density at radius 3 is 2.44 bits per heavy atom. The van der Waals surface area contributed by atoms with Crippen molar-refractivity contribution in [3.8, 4) is 28.6 Å². The van der Waals surface area contributed by atoms with Crippen LogP contribution in [-0.2, 0) is 4.79 Å². The highest BCUT2D eigenvalue weighted by atomic mass is 32.2. The average Bonchev–Trinajstić information content (AvgIpc) is 3.32. The quantitative estimate of drug-likeness (QED) is 0.223. The molecule has 34 heavy (non-hydrogen) atoms. The van der Waals surface area contributed by atoms with E-state index >= 15 is 0 Å². The molecule has 0 atom stereocenters. The van der Waals surface area contributed by atoms with Crippen molar-refractivity contribution in [2.75, 3.05) is 20.0 Å². The molecule has 1 N–H and O–H groups in total. The molecule has 0 saturated heterocycles. The smallest absolute Gasteiger partial charge is 0.250 e. The monoisotopic (exact) mass is 473 g/mol. The van der Waals surface area contributed by atoms with Crippen molar-refractivity contribution in [1.82, 2.24) is 20.2 Å². The maximum absolute atomic E-state index is 12.4. The summed E-state index contributed by atoms with van der Waals surface area (Å²) < 4.78 is 12.5. The molecule has 0 radical (unpaired) electrons. The molecular weight excluding hydrogens is 450 g/mol. The Morgan fingerprint density at radius 2 is 1.71 bits per heavy atom. The van der Waals surface area contributed by atoms with Crippen molar-refractivity contribution in [1.29, 1.82) is 0 Å². The molecule has 0 aliphatic heterocycles. The van der Waals surface area contributed by atoms with E-state index in [0.717, 1.165) is 22.6 Å². The van der Waals surface area contributed by atoms with Crippen LogP contribution in [-0.4, -0.2) is 46.9 Å². The lowest BCUT2D eigenvalue weighted by atomic mass is 10.2. The number of nitrogens with zero attached hydrogens (tertiary/aromatic N) is 4. The molecule has 172 valence electrons. The number of nitrogens with one attached hydrogen (secondary N) is 1. The van der Waals surface area contributed by atoms with E-state index in [-0.39, 0.29) is 11.7 Å². The van der Waals surface area contributed by atoms with Crippen molar-refractivity contribution < 1.29 is 14.3 Å². The van der Waals surface area contributed by atoms with E-state index in [2.05, 4.69) is 20.7 Å². The summed E-state index contributed by atoms with van der Waals surface area (Å²) in [6, 6.07) is 24.8. The van der Waals surface area contributed by atoms with E-state index in [1.54, 1.807) is 20.4 Å². The number of rotatable bonds is 9. The molecule has 0 aliphatic rings. The second kappa shape index (κ2) is 11.2. The summed E-state index contributed by atoms with van der Waals surface area (Å²) in [5.74, 6) is 1.97. The lowest BCUT2D eigenvalue weighted by Crippen LogP contribution is -2.20. The van der Waals surface area contributed by atoms with Crippen molar-refractivity contribution in [2.45, 2.75) is 5.16 Å². The lowest BCUT2D eigenvalue weighted by Gasteiger charge is -2.10.